The van der Waals surface area contributed by atoms with E-state index in [9.17, 15) is 9.59 Å². The minimum atomic E-state index is -0.220. The van der Waals surface area contributed by atoms with Gasteiger partial charge in [-0.1, -0.05) is 12.1 Å². The van der Waals surface area contributed by atoms with E-state index in [1.165, 1.54) is 18.1 Å². The Morgan fingerprint density at radius 3 is 2.52 bits per heavy atom. The largest absolute Gasteiger partial charge is 0.497 e. The van der Waals surface area contributed by atoms with Gasteiger partial charge in [-0.3, -0.25) is 9.59 Å². The Bertz CT molecular complexity index is 635. The van der Waals surface area contributed by atoms with E-state index in [2.05, 4.69) is 5.32 Å². The molecule has 2 rings (SSSR count). The van der Waals surface area contributed by atoms with Crippen molar-refractivity contribution < 1.29 is 18.7 Å². The lowest BCUT2D eigenvalue weighted by Gasteiger charge is -2.19. The number of hydrogen-bond acceptors (Lipinski definition) is 4. The highest BCUT2D eigenvalue weighted by Crippen LogP contribution is 2.11. The lowest BCUT2D eigenvalue weighted by atomic mass is 10.2. The van der Waals surface area contributed by atoms with Crippen molar-refractivity contribution in [2.45, 2.75) is 20.0 Å². The molecule has 0 aliphatic heterocycles. The number of benzene rings is 1. The Balaban J connectivity index is 1.84. The van der Waals surface area contributed by atoms with Crippen molar-refractivity contribution in [3.8, 4) is 5.75 Å². The molecule has 0 unspecified atom stereocenters. The molecule has 2 amide bonds. The van der Waals surface area contributed by atoms with E-state index in [1.807, 2.05) is 24.3 Å². The molecule has 0 atom stereocenters. The van der Waals surface area contributed by atoms with Gasteiger partial charge in [-0.25, -0.2) is 0 Å². The average Bonchev–Trinajstić information content (AvgIpc) is 3.06. The number of rotatable bonds is 7. The average molecular weight is 316 g/mol. The number of nitrogens with zero attached hydrogens (tertiary/aromatic N) is 1. The standard InChI is InChI=1S/C17H20N2O4/c1-13(20)19(11-16-4-3-9-23-16)12-17(21)18-10-14-5-7-15(22-2)8-6-14/h3-9H,10-12H2,1-2H3,(H,18,21). The summed E-state index contributed by atoms with van der Waals surface area (Å²) in [4.78, 5) is 25.1. The van der Waals surface area contributed by atoms with E-state index < -0.39 is 0 Å². The van der Waals surface area contributed by atoms with Crippen molar-refractivity contribution >= 4 is 11.8 Å². The van der Waals surface area contributed by atoms with Crippen LogP contribution in [0, 0.1) is 0 Å². The van der Waals surface area contributed by atoms with Crippen LogP contribution >= 0.6 is 0 Å². The number of nitrogens with one attached hydrogen (secondary N) is 1. The third-order valence-electron chi connectivity index (χ3n) is 3.36. The third kappa shape index (κ3) is 5.18. The van der Waals surface area contributed by atoms with Crippen LogP contribution in [0.1, 0.15) is 18.2 Å². The monoisotopic (exact) mass is 316 g/mol. The zero-order valence-corrected chi connectivity index (χ0v) is 13.2. The highest BCUT2D eigenvalue weighted by atomic mass is 16.5. The summed E-state index contributed by atoms with van der Waals surface area (Å²) in [6.07, 6.45) is 1.54. The lowest BCUT2D eigenvalue weighted by Crippen LogP contribution is -2.39. The number of carbonyl (C=O) groups excluding carboxylic acids is 2. The normalized spacial score (nSPS) is 10.2. The fraction of sp³-hybridized carbons (Fsp3) is 0.294. The van der Waals surface area contributed by atoms with Crippen molar-refractivity contribution in [3.63, 3.8) is 0 Å². The lowest BCUT2D eigenvalue weighted by molar-refractivity contribution is -0.135. The van der Waals surface area contributed by atoms with Gasteiger partial charge >= 0.3 is 0 Å². The van der Waals surface area contributed by atoms with E-state index in [0.717, 1.165) is 11.3 Å². The van der Waals surface area contributed by atoms with Crippen LogP contribution in [0.25, 0.3) is 0 Å². The summed E-state index contributed by atoms with van der Waals surface area (Å²) in [5.41, 5.74) is 0.958. The molecular formula is C17H20N2O4. The fourth-order valence-electron chi connectivity index (χ4n) is 2.04. The maximum atomic E-state index is 12.0. The van der Waals surface area contributed by atoms with Gasteiger partial charge in [0.2, 0.25) is 11.8 Å². The van der Waals surface area contributed by atoms with Crippen LogP contribution in [0.4, 0.5) is 0 Å². The predicted molar refractivity (Wildman–Crippen MR) is 84.6 cm³/mol. The van der Waals surface area contributed by atoms with E-state index in [-0.39, 0.29) is 24.9 Å². The number of ether oxygens (including phenoxy) is 1. The summed E-state index contributed by atoms with van der Waals surface area (Å²) in [5, 5.41) is 2.80. The molecule has 0 aliphatic carbocycles. The summed E-state index contributed by atoms with van der Waals surface area (Å²) < 4.78 is 10.3. The van der Waals surface area contributed by atoms with Crippen LogP contribution in [0.2, 0.25) is 0 Å². The molecule has 1 aromatic carbocycles. The molecule has 0 aliphatic rings. The number of methoxy groups -OCH3 is 1. The van der Waals surface area contributed by atoms with Gasteiger partial charge in [-0.05, 0) is 29.8 Å². The zero-order valence-electron chi connectivity index (χ0n) is 13.2. The van der Waals surface area contributed by atoms with Crippen molar-refractivity contribution in [3.05, 3.63) is 54.0 Å². The summed E-state index contributed by atoms with van der Waals surface area (Å²) in [6, 6.07) is 10.9. The molecule has 0 saturated carbocycles. The second kappa shape index (κ2) is 8.03. The molecule has 0 radical (unpaired) electrons. The Labute approximate surface area is 135 Å². The Morgan fingerprint density at radius 2 is 1.96 bits per heavy atom. The molecule has 1 heterocycles. The van der Waals surface area contributed by atoms with Crippen molar-refractivity contribution in [2.75, 3.05) is 13.7 Å². The smallest absolute Gasteiger partial charge is 0.239 e. The first-order valence-corrected chi connectivity index (χ1v) is 7.26. The maximum absolute atomic E-state index is 12.0. The number of furan rings is 1. The molecule has 0 fully saturated rings. The van der Waals surface area contributed by atoms with Gasteiger partial charge < -0.3 is 19.4 Å². The molecular weight excluding hydrogens is 296 g/mol. The molecule has 1 N–H and O–H groups in total. The van der Waals surface area contributed by atoms with Crippen molar-refractivity contribution in [2.24, 2.45) is 0 Å². The van der Waals surface area contributed by atoms with Crippen LogP contribution in [0.5, 0.6) is 5.75 Å². The third-order valence-corrected chi connectivity index (χ3v) is 3.36. The summed E-state index contributed by atoms with van der Waals surface area (Å²) in [7, 11) is 1.60. The van der Waals surface area contributed by atoms with Gasteiger partial charge in [0.05, 0.1) is 26.5 Å². The van der Waals surface area contributed by atoms with E-state index in [1.54, 1.807) is 19.2 Å². The first kappa shape index (κ1) is 16.6. The number of carbonyl (C=O) groups is 2. The molecule has 6 nitrogen and oxygen atoms in total. The van der Waals surface area contributed by atoms with Crippen LogP contribution in [0.3, 0.4) is 0 Å². The van der Waals surface area contributed by atoms with Crippen LogP contribution in [0.15, 0.2) is 47.1 Å². The van der Waals surface area contributed by atoms with E-state index in [0.29, 0.717) is 12.3 Å². The molecule has 122 valence electrons. The molecule has 1 aromatic heterocycles. The van der Waals surface area contributed by atoms with Crippen LogP contribution in [-0.2, 0) is 22.7 Å². The Hall–Kier alpha value is -2.76. The van der Waals surface area contributed by atoms with Gasteiger partial charge in [-0.2, -0.15) is 0 Å². The maximum Gasteiger partial charge on any atom is 0.239 e. The van der Waals surface area contributed by atoms with Gasteiger partial charge in [0.1, 0.15) is 11.5 Å². The molecule has 0 saturated heterocycles. The topological polar surface area (TPSA) is 71.8 Å². The quantitative estimate of drug-likeness (QED) is 0.847. The second-order valence-corrected chi connectivity index (χ2v) is 5.08. The Kier molecular flexibility index (Phi) is 5.80. The molecule has 2 aromatic rings. The molecule has 23 heavy (non-hydrogen) atoms. The summed E-state index contributed by atoms with van der Waals surface area (Å²) >= 11 is 0. The minimum absolute atomic E-state index is 0.00775. The number of hydrogen-bond donors (Lipinski definition) is 1. The van der Waals surface area contributed by atoms with Crippen LogP contribution < -0.4 is 10.1 Å². The molecule has 0 bridgehead atoms. The highest BCUT2D eigenvalue weighted by Gasteiger charge is 2.15. The van der Waals surface area contributed by atoms with Crippen molar-refractivity contribution in [1.29, 1.82) is 0 Å². The highest BCUT2D eigenvalue weighted by molar-refractivity contribution is 5.83. The Morgan fingerprint density at radius 1 is 1.22 bits per heavy atom. The van der Waals surface area contributed by atoms with Crippen LogP contribution in [-0.4, -0.2) is 30.4 Å². The molecule has 6 heteroatoms. The predicted octanol–water partition coefficient (Wildman–Crippen LogP) is 1.95. The minimum Gasteiger partial charge on any atom is -0.497 e. The van der Waals surface area contributed by atoms with Gasteiger partial charge in [0, 0.05) is 13.5 Å². The SMILES string of the molecule is COc1ccc(CNC(=O)CN(Cc2ccco2)C(C)=O)cc1. The van der Waals surface area contributed by atoms with Gasteiger partial charge in [0.15, 0.2) is 0 Å². The summed E-state index contributed by atoms with van der Waals surface area (Å²) in [5.74, 6) is 1.01. The molecule has 0 spiro atoms. The van der Waals surface area contributed by atoms with Gasteiger partial charge in [-0.15, -0.1) is 0 Å². The van der Waals surface area contributed by atoms with E-state index >= 15 is 0 Å². The van der Waals surface area contributed by atoms with Crippen molar-refractivity contribution in [1.82, 2.24) is 10.2 Å². The zero-order chi connectivity index (χ0) is 16.7. The van der Waals surface area contributed by atoms with Gasteiger partial charge in [0.25, 0.3) is 0 Å². The first-order chi connectivity index (χ1) is 11.1. The summed E-state index contributed by atoms with van der Waals surface area (Å²) in [6.45, 7) is 2.10. The first-order valence-electron chi connectivity index (χ1n) is 7.26. The fourth-order valence-corrected chi connectivity index (χ4v) is 2.04. The second-order valence-electron chi connectivity index (χ2n) is 5.08. The van der Waals surface area contributed by atoms with E-state index in [4.69, 9.17) is 9.15 Å². The number of amides is 2.